The molecule has 4 nitrogen and oxygen atoms in total. The molecule has 0 saturated carbocycles. The van der Waals surface area contributed by atoms with E-state index in [4.69, 9.17) is 0 Å². The van der Waals surface area contributed by atoms with Crippen LogP contribution in [0.25, 0.3) is 0 Å². The SMILES string of the molecule is Cc1cnn(C)c1CN1CCCC2(CCNCC2)CC1. The first-order valence-corrected chi connectivity index (χ1v) is 8.09. The number of aryl methyl sites for hydroxylation is 2. The Morgan fingerprint density at radius 1 is 1.20 bits per heavy atom. The van der Waals surface area contributed by atoms with Gasteiger partial charge >= 0.3 is 0 Å². The van der Waals surface area contributed by atoms with Gasteiger partial charge in [-0.3, -0.25) is 9.58 Å². The van der Waals surface area contributed by atoms with Crippen molar-refractivity contribution in [1.29, 1.82) is 0 Å². The van der Waals surface area contributed by atoms with Gasteiger partial charge in [0.05, 0.1) is 11.9 Å². The predicted octanol–water partition coefficient (Wildman–Crippen LogP) is 2.08. The fourth-order valence-corrected chi connectivity index (χ4v) is 3.94. The van der Waals surface area contributed by atoms with E-state index in [0.29, 0.717) is 5.41 Å². The Kier molecular flexibility index (Phi) is 4.13. The first-order valence-electron chi connectivity index (χ1n) is 8.09. The third-order valence-electron chi connectivity index (χ3n) is 5.45. The van der Waals surface area contributed by atoms with Crippen molar-refractivity contribution in [2.24, 2.45) is 12.5 Å². The summed E-state index contributed by atoms with van der Waals surface area (Å²) >= 11 is 0. The molecule has 0 aliphatic carbocycles. The maximum Gasteiger partial charge on any atom is 0.0550 e. The molecular weight excluding hydrogens is 248 g/mol. The minimum atomic E-state index is 0.640. The highest BCUT2D eigenvalue weighted by atomic mass is 15.3. The molecule has 1 spiro atoms. The zero-order valence-electron chi connectivity index (χ0n) is 13.0. The first kappa shape index (κ1) is 14.1. The van der Waals surface area contributed by atoms with Crippen LogP contribution in [0, 0.1) is 12.3 Å². The van der Waals surface area contributed by atoms with Gasteiger partial charge in [-0.2, -0.15) is 5.10 Å². The molecule has 0 bridgehead atoms. The summed E-state index contributed by atoms with van der Waals surface area (Å²) in [6.45, 7) is 8.19. The molecule has 3 rings (SSSR count). The first-order chi connectivity index (χ1) is 9.69. The molecule has 0 atom stereocenters. The highest BCUT2D eigenvalue weighted by Crippen LogP contribution is 2.39. The summed E-state index contributed by atoms with van der Waals surface area (Å²) in [6, 6.07) is 0. The Morgan fingerprint density at radius 3 is 2.70 bits per heavy atom. The molecule has 3 heterocycles. The smallest absolute Gasteiger partial charge is 0.0550 e. The van der Waals surface area contributed by atoms with Gasteiger partial charge in [-0.25, -0.2) is 0 Å². The molecular formula is C16H28N4. The number of hydrogen-bond donors (Lipinski definition) is 1. The van der Waals surface area contributed by atoms with Crippen molar-refractivity contribution < 1.29 is 0 Å². The van der Waals surface area contributed by atoms with Crippen LogP contribution in [-0.2, 0) is 13.6 Å². The van der Waals surface area contributed by atoms with E-state index in [0.717, 1.165) is 6.54 Å². The Labute approximate surface area is 122 Å². The van der Waals surface area contributed by atoms with Crippen LogP contribution in [0.15, 0.2) is 6.20 Å². The zero-order chi connectivity index (χ0) is 14.0. The zero-order valence-corrected chi connectivity index (χ0v) is 13.0. The Bertz CT molecular complexity index is 426. The van der Waals surface area contributed by atoms with Crippen molar-refractivity contribution in [3.63, 3.8) is 0 Å². The van der Waals surface area contributed by atoms with Crippen molar-refractivity contribution in [1.82, 2.24) is 20.0 Å². The van der Waals surface area contributed by atoms with E-state index in [2.05, 4.69) is 29.3 Å². The number of rotatable bonds is 2. The summed E-state index contributed by atoms with van der Waals surface area (Å²) in [5.41, 5.74) is 3.35. The van der Waals surface area contributed by atoms with Gasteiger partial charge < -0.3 is 5.32 Å². The Morgan fingerprint density at radius 2 is 2.00 bits per heavy atom. The summed E-state index contributed by atoms with van der Waals surface area (Å²) in [5, 5.41) is 7.88. The number of nitrogens with zero attached hydrogens (tertiary/aromatic N) is 3. The van der Waals surface area contributed by atoms with Crippen molar-refractivity contribution in [3.05, 3.63) is 17.5 Å². The summed E-state index contributed by atoms with van der Waals surface area (Å²) in [5.74, 6) is 0. The van der Waals surface area contributed by atoms with Crippen LogP contribution in [0.1, 0.15) is 43.4 Å². The number of piperidine rings is 1. The number of aromatic nitrogens is 2. The molecule has 1 N–H and O–H groups in total. The lowest BCUT2D eigenvalue weighted by atomic mass is 9.73. The van der Waals surface area contributed by atoms with Crippen LogP contribution < -0.4 is 5.32 Å². The van der Waals surface area contributed by atoms with Gasteiger partial charge in [-0.15, -0.1) is 0 Å². The summed E-state index contributed by atoms with van der Waals surface area (Å²) in [4.78, 5) is 2.64. The van der Waals surface area contributed by atoms with E-state index in [1.165, 1.54) is 69.5 Å². The summed E-state index contributed by atoms with van der Waals surface area (Å²) < 4.78 is 2.04. The predicted molar refractivity (Wildman–Crippen MR) is 81.6 cm³/mol. The Hall–Kier alpha value is -0.870. The highest BCUT2D eigenvalue weighted by Gasteiger charge is 2.33. The molecule has 4 heteroatoms. The lowest BCUT2D eigenvalue weighted by Crippen LogP contribution is -2.37. The minimum Gasteiger partial charge on any atom is -0.317 e. The second-order valence-electron chi connectivity index (χ2n) is 6.78. The van der Waals surface area contributed by atoms with Gasteiger partial charge in [-0.1, -0.05) is 0 Å². The van der Waals surface area contributed by atoms with Crippen molar-refractivity contribution >= 4 is 0 Å². The van der Waals surface area contributed by atoms with Gasteiger partial charge in [0, 0.05) is 13.6 Å². The normalized spacial score (nSPS) is 23.9. The molecule has 112 valence electrons. The van der Waals surface area contributed by atoms with Crippen LogP contribution in [-0.4, -0.2) is 40.9 Å². The maximum absolute atomic E-state index is 4.37. The molecule has 0 aromatic carbocycles. The molecule has 2 fully saturated rings. The standard InChI is InChI=1S/C16H28N4/c1-14-12-18-19(2)15(14)13-20-10-3-4-16(7-11-20)5-8-17-9-6-16/h12,17H,3-11,13H2,1-2H3. The third-order valence-corrected chi connectivity index (χ3v) is 5.45. The average molecular weight is 276 g/mol. The van der Waals surface area contributed by atoms with E-state index in [1.54, 1.807) is 0 Å². The molecule has 1 aromatic heterocycles. The number of likely N-dealkylation sites (tertiary alicyclic amines) is 1. The monoisotopic (exact) mass is 276 g/mol. The van der Waals surface area contributed by atoms with E-state index < -0.39 is 0 Å². The van der Waals surface area contributed by atoms with Crippen LogP contribution in [0.3, 0.4) is 0 Å². The van der Waals surface area contributed by atoms with Crippen LogP contribution >= 0.6 is 0 Å². The lowest BCUT2D eigenvalue weighted by molar-refractivity contribution is 0.166. The van der Waals surface area contributed by atoms with Gasteiger partial charge in [0.2, 0.25) is 0 Å². The highest BCUT2D eigenvalue weighted by molar-refractivity contribution is 5.15. The molecule has 0 unspecified atom stereocenters. The van der Waals surface area contributed by atoms with Crippen LogP contribution in [0.5, 0.6) is 0 Å². The minimum absolute atomic E-state index is 0.640. The molecule has 2 saturated heterocycles. The fourth-order valence-electron chi connectivity index (χ4n) is 3.94. The van der Waals surface area contributed by atoms with Crippen LogP contribution in [0.4, 0.5) is 0 Å². The van der Waals surface area contributed by atoms with Crippen molar-refractivity contribution in [2.75, 3.05) is 26.2 Å². The second-order valence-corrected chi connectivity index (χ2v) is 6.78. The summed E-state index contributed by atoms with van der Waals surface area (Å²) in [7, 11) is 2.06. The largest absolute Gasteiger partial charge is 0.317 e. The molecule has 2 aliphatic rings. The molecule has 0 radical (unpaired) electrons. The molecule has 1 aromatic rings. The second kappa shape index (κ2) is 5.86. The average Bonchev–Trinajstić information content (AvgIpc) is 2.66. The summed E-state index contributed by atoms with van der Waals surface area (Å²) in [6.07, 6.45) is 8.91. The lowest BCUT2D eigenvalue weighted by Gasteiger charge is -2.37. The van der Waals surface area contributed by atoms with Gasteiger partial charge in [-0.05, 0) is 76.2 Å². The quantitative estimate of drug-likeness (QED) is 0.898. The maximum atomic E-state index is 4.37. The van der Waals surface area contributed by atoms with E-state index in [1.807, 2.05) is 10.9 Å². The van der Waals surface area contributed by atoms with Crippen molar-refractivity contribution in [3.8, 4) is 0 Å². The van der Waals surface area contributed by atoms with Gasteiger partial charge in [0.25, 0.3) is 0 Å². The molecule has 0 amide bonds. The van der Waals surface area contributed by atoms with Crippen LogP contribution in [0.2, 0.25) is 0 Å². The Balaban J connectivity index is 1.62. The molecule has 2 aliphatic heterocycles. The van der Waals surface area contributed by atoms with E-state index >= 15 is 0 Å². The van der Waals surface area contributed by atoms with E-state index in [9.17, 15) is 0 Å². The van der Waals surface area contributed by atoms with Gasteiger partial charge in [0.15, 0.2) is 0 Å². The number of hydrogen-bond acceptors (Lipinski definition) is 3. The van der Waals surface area contributed by atoms with Gasteiger partial charge in [0.1, 0.15) is 0 Å². The van der Waals surface area contributed by atoms with E-state index in [-0.39, 0.29) is 0 Å². The third kappa shape index (κ3) is 2.91. The van der Waals surface area contributed by atoms with Crippen molar-refractivity contribution in [2.45, 2.75) is 45.6 Å². The fraction of sp³-hybridized carbons (Fsp3) is 0.812. The number of nitrogens with one attached hydrogen (secondary N) is 1. The topological polar surface area (TPSA) is 33.1 Å². The molecule has 20 heavy (non-hydrogen) atoms.